The Bertz CT molecular complexity index is 789. The van der Waals surface area contributed by atoms with Gasteiger partial charge >= 0.3 is 0 Å². The van der Waals surface area contributed by atoms with Crippen molar-refractivity contribution in [3.05, 3.63) is 71.7 Å². The summed E-state index contributed by atoms with van der Waals surface area (Å²) in [7, 11) is 0. The van der Waals surface area contributed by atoms with Crippen LogP contribution in [0.3, 0.4) is 0 Å². The summed E-state index contributed by atoms with van der Waals surface area (Å²) < 4.78 is 13.6. The fraction of sp³-hybridized carbons (Fsp3) is 0.118. The third kappa shape index (κ3) is 4.00. The van der Waals surface area contributed by atoms with Gasteiger partial charge in [0.2, 0.25) is 5.95 Å². The van der Waals surface area contributed by atoms with Crippen molar-refractivity contribution in [1.82, 2.24) is 15.2 Å². The first kappa shape index (κ1) is 14.9. The van der Waals surface area contributed by atoms with Crippen LogP contribution >= 0.6 is 0 Å². The smallest absolute Gasteiger partial charge is 0.244 e. The van der Waals surface area contributed by atoms with Crippen LogP contribution in [0.5, 0.6) is 0 Å². The Morgan fingerprint density at radius 3 is 2.61 bits per heavy atom. The molecule has 0 fully saturated rings. The minimum Gasteiger partial charge on any atom is -0.349 e. The molecule has 3 rings (SSSR count). The van der Waals surface area contributed by atoms with Crippen LogP contribution in [-0.4, -0.2) is 15.2 Å². The maximum Gasteiger partial charge on any atom is 0.244 e. The van der Waals surface area contributed by atoms with E-state index in [1.807, 2.05) is 31.2 Å². The van der Waals surface area contributed by atoms with E-state index in [1.54, 1.807) is 18.2 Å². The largest absolute Gasteiger partial charge is 0.349 e. The minimum atomic E-state index is -0.262. The normalized spacial score (nSPS) is 10.3. The van der Waals surface area contributed by atoms with Gasteiger partial charge in [-0.15, -0.1) is 5.10 Å². The zero-order valence-corrected chi connectivity index (χ0v) is 12.6. The average Bonchev–Trinajstić information content (AvgIpc) is 2.57. The number of hydrogen-bond donors (Lipinski definition) is 2. The maximum absolute atomic E-state index is 13.6. The van der Waals surface area contributed by atoms with E-state index in [0.29, 0.717) is 23.9 Å². The molecule has 0 unspecified atom stereocenters. The summed E-state index contributed by atoms with van der Waals surface area (Å²) in [4.78, 5) is 4.32. The van der Waals surface area contributed by atoms with Crippen molar-refractivity contribution in [2.45, 2.75) is 13.5 Å². The molecule has 6 heteroatoms. The first-order chi connectivity index (χ1) is 11.2. The summed E-state index contributed by atoms with van der Waals surface area (Å²) >= 11 is 0. The number of anilines is 3. The molecule has 0 aliphatic carbocycles. The number of hydrogen-bond acceptors (Lipinski definition) is 5. The monoisotopic (exact) mass is 309 g/mol. The van der Waals surface area contributed by atoms with Gasteiger partial charge in [-0.1, -0.05) is 35.9 Å². The van der Waals surface area contributed by atoms with Gasteiger partial charge in [0.15, 0.2) is 5.82 Å². The van der Waals surface area contributed by atoms with Crippen LogP contribution in [0.4, 0.5) is 21.8 Å². The van der Waals surface area contributed by atoms with Gasteiger partial charge in [0.05, 0.1) is 6.20 Å². The quantitative estimate of drug-likeness (QED) is 0.753. The Balaban J connectivity index is 1.67. The van der Waals surface area contributed by atoms with Crippen LogP contribution in [0, 0.1) is 12.7 Å². The number of rotatable bonds is 5. The van der Waals surface area contributed by atoms with Gasteiger partial charge in [0, 0.05) is 17.8 Å². The summed E-state index contributed by atoms with van der Waals surface area (Å²) in [5.41, 5.74) is 2.65. The SMILES string of the molecule is Cc1ccc(Nc2cnnc(NCc3ccccc3F)n2)cc1. The second-order valence-electron chi connectivity index (χ2n) is 5.10. The van der Waals surface area contributed by atoms with Crippen molar-refractivity contribution in [3.63, 3.8) is 0 Å². The van der Waals surface area contributed by atoms with Crippen molar-refractivity contribution >= 4 is 17.5 Å². The zero-order valence-electron chi connectivity index (χ0n) is 12.6. The van der Waals surface area contributed by atoms with E-state index in [9.17, 15) is 4.39 Å². The molecule has 0 amide bonds. The predicted octanol–water partition coefficient (Wildman–Crippen LogP) is 3.67. The Labute approximate surface area is 133 Å². The molecule has 0 atom stereocenters. The number of halogens is 1. The van der Waals surface area contributed by atoms with Gasteiger partial charge in [-0.2, -0.15) is 10.1 Å². The average molecular weight is 309 g/mol. The molecule has 0 aliphatic rings. The van der Waals surface area contributed by atoms with Crippen molar-refractivity contribution < 1.29 is 4.39 Å². The van der Waals surface area contributed by atoms with Gasteiger partial charge in [0.1, 0.15) is 5.82 Å². The Morgan fingerprint density at radius 2 is 1.83 bits per heavy atom. The van der Waals surface area contributed by atoms with E-state index in [4.69, 9.17) is 0 Å². The molecule has 5 nitrogen and oxygen atoms in total. The first-order valence-electron chi connectivity index (χ1n) is 7.21. The molecule has 0 aliphatic heterocycles. The molecule has 1 aromatic heterocycles. The zero-order chi connectivity index (χ0) is 16.1. The Hall–Kier alpha value is -3.02. The van der Waals surface area contributed by atoms with E-state index in [1.165, 1.54) is 17.8 Å². The van der Waals surface area contributed by atoms with Gasteiger partial charge in [-0.3, -0.25) is 0 Å². The highest BCUT2D eigenvalue weighted by atomic mass is 19.1. The summed E-state index contributed by atoms with van der Waals surface area (Å²) in [5.74, 6) is 0.646. The fourth-order valence-electron chi connectivity index (χ4n) is 2.04. The van der Waals surface area contributed by atoms with Gasteiger partial charge < -0.3 is 10.6 Å². The second kappa shape index (κ2) is 6.83. The lowest BCUT2D eigenvalue weighted by molar-refractivity contribution is 0.612. The molecule has 0 bridgehead atoms. The topological polar surface area (TPSA) is 62.7 Å². The molecule has 2 N–H and O–H groups in total. The summed E-state index contributed by atoms with van der Waals surface area (Å²) in [6.07, 6.45) is 1.54. The number of nitrogens with zero attached hydrogens (tertiary/aromatic N) is 3. The Morgan fingerprint density at radius 1 is 1.04 bits per heavy atom. The first-order valence-corrected chi connectivity index (χ1v) is 7.21. The van der Waals surface area contributed by atoms with E-state index < -0.39 is 0 Å². The summed E-state index contributed by atoms with van der Waals surface area (Å²) in [6.45, 7) is 2.32. The highest BCUT2D eigenvalue weighted by Crippen LogP contribution is 2.15. The summed E-state index contributed by atoms with van der Waals surface area (Å²) in [6, 6.07) is 14.5. The van der Waals surface area contributed by atoms with Gasteiger partial charge in [0.25, 0.3) is 0 Å². The molecular weight excluding hydrogens is 293 g/mol. The van der Waals surface area contributed by atoms with E-state index in [-0.39, 0.29) is 5.82 Å². The highest BCUT2D eigenvalue weighted by molar-refractivity contribution is 5.56. The molecule has 2 aromatic carbocycles. The lowest BCUT2D eigenvalue weighted by atomic mass is 10.2. The van der Waals surface area contributed by atoms with Crippen LogP contribution in [0.2, 0.25) is 0 Å². The van der Waals surface area contributed by atoms with Crippen LogP contribution in [0.25, 0.3) is 0 Å². The lowest BCUT2D eigenvalue weighted by Gasteiger charge is -2.08. The second-order valence-corrected chi connectivity index (χ2v) is 5.10. The predicted molar refractivity (Wildman–Crippen MR) is 88.0 cm³/mol. The van der Waals surface area contributed by atoms with E-state index >= 15 is 0 Å². The minimum absolute atomic E-state index is 0.262. The van der Waals surface area contributed by atoms with E-state index in [2.05, 4.69) is 25.8 Å². The molecule has 3 aromatic rings. The molecule has 1 heterocycles. The number of aromatic nitrogens is 3. The molecule has 0 spiro atoms. The molecule has 0 saturated heterocycles. The van der Waals surface area contributed by atoms with Gasteiger partial charge in [-0.25, -0.2) is 4.39 Å². The van der Waals surface area contributed by atoms with E-state index in [0.717, 1.165) is 5.69 Å². The molecule has 0 radical (unpaired) electrons. The number of aryl methyl sites for hydroxylation is 1. The third-order valence-corrected chi connectivity index (χ3v) is 3.28. The Kier molecular flexibility index (Phi) is 4.42. The van der Waals surface area contributed by atoms with Crippen molar-refractivity contribution in [2.75, 3.05) is 10.6 Å². The molecule has 0 saturated carbocycles. The summed E-state index contributed by atoms with van der Waals surface area (Å²) in [5, 5.41) is 13.9. The molecular formula is C17H16FN5. The highest BCUT2D eigenvalue weighted by Gasteiger charge is 2.04. The van der Waals surface area contributed by atoms with Crippen molar-refractivity contribution in [3.8, 4) is 0 Å². The van der Waals surface area contributed by atoms with Crippen molar-refractivity contribution in [2.24, 2.45) is 0 Å². The standard InChI is InChI=1S/C17H16FN5/c1-12-6-8-14(9-7-12)21-16-11-20-23-17(22-16)19-10-13-4-2-3-5-15(13)18/h2-9,11H,10H2,1H3,(H2,19,21,22,23). The van der Waals surface area contributed by atoms with Crippen molar-refractivity contribution in [1.29, 1.82) is 0 Å². The van der Waals surface area contributed by atoms with Crippen LogP contribution in [0.15, 0.2) is 54.7 Å². The molecule has 116 valence electrons. The van der Waals surface area contributed by atoms with Crippen LogP contribution in [-0.2, 0) is 6.54 Å². The lowest BCUT2D eigenvalue weighted by Crippen LogP contribution is -2.07. The third-order valence-electron chi connectivity index (χ3n) is 3.28. The molecule has 23 heavy (non-hydrogen) atoms. The van der Waals surface area contributed by atoms with Gasteiger partial charge in [-0.05, 0) is 25.1 Å². The number of benzene rings is 2. The number of nitrogens with one attached hydrogen (secondary N) is 2. The van der Waals surface area contributed by atoms with Crippen LogP contribution in [0.1, 0.15) is 11.1 Å². The fourth-order valence-corrected chi connectivity index (χ4v) is 2.04. The maximum atomic E-state index is 13.6. The van der Waals surface area contributed by atoms with Crippen LogP contribution < -0.4 is 10.6 Å².